The number of halogens is 2. The molecule has 0 aliphatic carbocycles. The summed E-state index contributed by atoms with van der Waals surface area (Å²) in [6.45, 7) is 2.08. The summed E-state index contributed by atoms with van der Waals surface area (Å²) in [4.78, 5) is 13.6. The summed E-state index contributed by atoms with van der Waals surface area (Å²) in [6.07, 6.45) is 2.76. The van der Waals surface area contributed by atoms with E-state index in [0.717, 1.165) is 29.3 Å². The van der Waals surface area contributed by atoms with Gasteiger partial charge in [-0.3, -0.25) is 9.69 Å². The van der Waals surface area contributed by atoms with E-state index in [4.69, 9.17) is 0 Å². The van der Waals surface area contributed by atoms with Crippen LogP contribution in [0.2, 0.25) is 0 Å². The highest BCUT2D eigenvalue weighted by molar-refractivity contribution is 9.10. The van der Waals surface area contributed by atoms with Gasteiger partial charge in [-0.2, -0.15) is 0 Å². The van der Waals surface area contributed by atoms with Gasteiger partial charge in [0.2, 0.25) is 0 Å². The van der Waals surface area contributed by atoms with E-state index in [0.29, 0.717) is 6.04 Å². The van der Waals surface area contributed by atoms with Crippen LogP contribution in [0.4, 0.5) is 4.39 Å². The number of rotatable bonds is 3. The number of hydrogen-bond donors (Lipinski definition) is 1. The fraction of sp³-hybridized carbons (Fsp3) is 0.533. The van der Waals surface area contributed by atoms with E-state index in [2.05, 4.69) is 27.8 Å². The van der Waals surface area contributed by atoms with Gasteiger partial charge in [0.15, 0.2) is 0 Å². The lowest BCUT2D eigenvalue weighted by molar-refractivity contribution is -0.142. The fourth-order valence-electron chi connectivity index (χ4n) is 3.90. The highest BCUT2D eigenvalue weighted by Crippen LogP contribution is 2.47. The maximum atomic E-state index is 13.2. The molecule has 0 saturated carbocycles. The van der Waals surface area contributed by atoms with Crippen LogP contribution in [0, 0.1) is 11.7 Å². The van der Waals surface area contributed by atoms with E-state index >= 15 is 0 Å². The molecule has 1 N–H and O–H groups in total. The van der Waals surface area contributed by atoms with E-state index < -0.39 is 5.97 Å². The molecule has 1 aromatic carbocycles. The third-order valence-corrected chi connectivity index (χ3v) is 5.45. The van der Waals surface area contributed by atoms with Gasteiger partial charge in [-0.1, -0.05) is 22.0 Å². The topological polar surface area (TPSA) is 40.5 Å². The van der Waals surface area contributed by atoms with Crippen molar-refractivity contribution >= 4 is 21.9 Å². The van der Waals surface area contributed by atoms with Gasteiger partial charge in [0.1, 0.15) is 5.82 Å². The molecule has 2 bridgehead atoms. The highest BCUT2D eigenvalue weighted by Gasteiger charge is 2.51. The van der Waals surface area contributed by atoms with Crippen molar-refractivity contribution < 1.29 is 14.3 Å². The Labute approximate surface area is 125 Å². The average Bonchev–Trinajstić information content (AvgIpc) is 2.95. The van der Waals surface area contributed by atoms with Gasteiger partial charge < -0.3 is 5.11 Å². The van der Waals surface area contributed by atoms with Gasteiger partial charge in [0.05, 0.1) is 5.92 Å². The summed E-state index contributed by atoms with van der Waals surface area (Å²) in [7, 11) is 0. The second kappa shape index (κ2) is 5.11. The van der Waals surface area contributed by atoms with E-state index in [9.17, 15) is 14.3 Å². The molecule has 1 aromatic rings. The minimum Gasteiger partial charge on any atom is -0.481 e. The summed E-state index contributed by atoms with van der Waals surface area (Å²) in [5.74, 6) is -1.20. The van der Waals surface area contributed by atoms with Gasteiger partial charge in [-0.25, -0.2) is 4.39 Å². The van der Waals surface area contributed by atoms with Crippen molar-refractivity contribution in [3.63, 3.8) is 0 Å². The lowest BCUT2D eigenvalue weighted by Gasteiger charge is -2.30. The first-order valence-electron chi connectivity index (χ1n) is 6.94. The lowest BCUT2D eigenvalue weighted by Crippen LogP contribution is -2.35. The van der Waals surface area contributed by atoms with Gasteiger partial charge in [0.25, 0.3) is 0 Å². The van der Waals surface area contributed by atoms with Crippen LogP contribution in [-0.4, -0.2) is 28.1 Å². The molecule has 4 unspecified atom stereocenters. The predicted molar refractivity (Wildman–Crippen MR) is 76.9 cm³/mol. The molecule has 4 atom stereocenters. The maximum Gasteiger partial charge on any atom is 0.308 e. The molecule has 0 spiro atoms. The van der Waals surface area contributed by atoms with Crippen LogP contribution in [0.15, 0.2) is 22.7 Å². The number of carboxylic acid groups (broad SMARTS) is 1. The number of carboxylic acids is 1. The smallest absolute Gasteiger partial charge is 0.308 e. The van der Waals surface area contributed by atoms with Crippen molar-refractivity contribution in [1.82, 2.24) is 4.90 Å². The first-order chi connectivity index (χ1) is 9.49. The van der Waals surface area contributed by atoms with Gasteiger partial charge in [-0.05, 0) is 43.9 Å². The minimum atomic E-state index is -0.687. The molecule has 20 heavy (non-hydrogen) atoms. The van der Waals surface area contributed by atoms with Crippen molar-refractivity contribution in [3.05, 3.63) is 34.1 Å². The molecule has 2 saturated heterocycles. The van der Waals surface area contributed by atoms with E-state index in [1.54, 1.807) is 6.07 Å². The molecule has 0 aromatic heterocycles. The van der Waals surface area contributed by atoms with Crippen molar-refractivity contribution in [2.75, 3.05) is 0 Å². The molecule has 2 heterocycles. The molecule has 0 radical (unpaired) electrons. The monoisotopic (exact) mass is 341 g/mol. The number of hydrogen-bond acceptors (Lipinski definition) is 2. The van der Waals surface area contributed by atoms with Crippen LogP contribution in [0.5, 0.6) is 0 Å². The normalized spacial score (nSPS) is 30.6. The van der Waals surface area contributed by atoms with Crippen molar-refractivity contribution in [2.45, 2.75) is 44.3 Å². The number of nitrogens with zero attached hydrogens (tertiary/aromatic N) is 1. The lowest BCUT2D eigenvalue weighted by atomic mass is 9.89. The predicted octanol–water partition coefficient (Wildman–Crippen LogP) is 3.59. The number of fused-ring (bicyclic) bond motifs is 2. The molecular weight excluding hydrogens is 325 g/mol. The fourth-order valence-corrected chi connectivity index (χ4v) is 4.58. The average molecular weight is 342 g/mol. The first-order valence-corrected chi connectivity index (χ1v) is 7.73. The highest BCUT2D eigenvalue weighted by atomic mass is 79.9. The van der Waals surface area contributed by atoms with Crippen LogP contribution in [0.25, 0.3) is 0 Å². The first kappa shape index (κ1) is 14.0. The number of carbonyl (C=O) groups is 1. The van der Waals surface area contributed by atoms with Crippen LogP contribution >= 0.6 is 15.9 Å². The van der Waals surface area contributed by atoms with Crippen molar-refractivity contribution in [1.29, 1.82) is 0 Å². The zero-order valence-corrected chi connectivity index (χ0v) is 12.8. The van der Waals surface area contributed by atoms with Crippen LogP contribution < -0.4 is 0 Å². The van der Waals surface area contributed by atoms with Gasteiger partial charge in [-0.15, -0.1) is 0 Å². The largest absolute Gasteiger partial charge is 0.481 e. The second-order valence-electron chi connectivity index (χ2n) is 5.77. The third-order valence-electron chi connectivity index (χ3n) is 4.77. The van der Waals surface area contributed by atoms with Crippen LogP contribution in [0.1, 0.15) is 37.8 Å². The Morgan fingerprint density at radius 1 is 1.50 bits per heavy atom. The quantitative estimate of drug-likeness (QED) is 0.913. The standard InChI is InChI=1S/C15H17BrFNO2/c1-8(11-4-2-9(17)6-13(11)16)18-10-3-5-14(18)12(7-10)15(19)20/h2,4,6,8,10,12,14H,3,5,7H2,1H3,(H,19,20). The SMILES string of the molecule is CC(c1ccc(F)cc1Br)N1C2CCC1C(C(=O)O)C2. The Kier molecular flexibility index (Phi) is 3.58. The minimum absolute atomic E-state index is 0.104. The van der Waals surface area contributed by atoms with E-state index in [-0.39, 0.29) is 23.8 Å². The van der Waals surface area contributed by atoms with E-state index in [1.165, 1.54) is 12.1 Å². The third kappa shape index (κ3) is 2.17. The number of aliphatic carboxylic acids is 1. The summed E-state index contributed by atoms with van der Waals surface area (Å²) in [6, 6.07) is 5.28. The Morgan fingerprint density at radius 2 is 2.25 bits per heavy atom. The Hall–Kier alpha value is -0.940. The summed E-state index contributed by atoms with van der Waals surface area (Å²) in [5, 5.41) is 9.31. The van der Waals surface area contributed by atoms with E-state index in [1.807, 2.05) is 0 Å². The zero-order valence-electron chi connectivity index (χ0n) is 11.2. The number of benzene rings is 1. The Balaban J connectivity index is 1.88. The second-order valence-corrected chi connectivity index (χ2v) is 6.62. The van der Waals surface area contributed by atoms with Crippen molar-refractivity contribution in [2.24, 2.45) is 5.92 Å². The van der Waals surface area contributed by atoms with Crippen LogP contribution in [0.3, 0.4) is 0 Å². The molecule has 3 rings (SSSR count). The molecule has 5 heteroatoms. The molecule has 108 valence electrons. The zero-order chi connectivity index (χ0) is 14.4. The Bertz CT molecular complexity index is 551. The Morgan fingerprint density at radius 3 is 2.85 bits per heavy atom. The molecule has 2 aliphatic rings. The van der Waals surface area contributed by atoms with Crippen molar-refractivity contribution in [3.8, 4) is 0 Å². The molecule has 3 nitrogen and oxygen atoms in total. The van der Waals surface area contributed by atoms with Gasteiger partial charge >= 0.3 is 5.97 Å². The summed E-state index contributed by atoms with van der Waals surface area (Å²) >= 11 is 3.42. The molecular formula is C15H17BrFNO2. The van der Waals surface area contributed by atoms with Crippen LogP contribution in [-0.2, 0) is 4.79 Å². The summed E-state index contributed by atoms with van der Waals surface area (Å²) in [5.41, 5.74) is 1.02. The molecule has 2 aliphatic heterocycles. The maximum absolute atomic E-state index is 13.2. The summed E-state index contributed by atoms with van der Waals surface area (Å²) < 4.78 is 14.0. The molecule has 0 amide bonds. The molecule has 2 fully saturated rings. The van der Waals surface area contributed by atoms with Gasteiger partial charge in [0, 0.05) is 22.6 Å².